The number of fused-ring (bicyclic) bond motifs is 4. The number of hydrogen-bond donors (Lipinski definition) is 1. The van der Waals surface area contributed by atoms with Crippen LogP contribution < -0.4 is 5.32 Å². The molecular weight excluding hydrogens is 653 g/mol. The van der Waals surface area contributed by atoms with Gasteiger partial charge in [-0.15, -0.1) is 16.9 Å². The first-order valence-corrected chi connectivity index (χ1v) is 17.9. The summed E-state index contributed by atoms with van der Waals surface area (Å²) < 4.78 is 6.52. The van der Waals surface area contributed by atoms with Crippen molar-refractivity contribution in [2.24, 2.45) is 0 Å². The summed E-state index contributed by atoms with van der Waals surface area (Å²) in [5.74, 6) is -0.323. The average Bonchev–Trinajstić information content (AvgIpc) is 3.77. The number of nitrogens with one attached hydrogen (secondary N) is 1. The van der Waals surface area contributed by atoms with Gasteiger partial charge in [0.2, 0.25) is 0 Å². The van der Waals surface area contributed by atoms with Crippen molar-refractivity contribution in [1.82, 2.24) is 20.3 Å². The summed E-state index contributed by atoms with van der Waals surface area (Å²) in [4.78, 5) is 28.2. The van der Waals surface area contributed by atoms with Gasteiger partial charge in [0, 0.05) is 11.7 Å². The molecule has 7 nitrogen and oxygen atoms in total. The van der Waals surface area contributed by atoms with Crippen LogP contribution in [0.1, 0.15) is 38.5 Å². The first kappa shape index (κ1) is 32.2. The Morgan fingerprint density at radius 1 is 0.667 bits per heavy atom. The molecule has 1 aromatic heterocycles. The zero-order chi connectivity index (χ0) is 34.6. The van der Waals surface area contributed by atoms with Crippen LogP contribution in [-0.4, -0.2) is 45.4 Å². The summed E-state index contributed by atoms with van der Waals surface area (Å²) in [5.41, 5.74) is 8.80. The van der Waals surface area contributed by atoms with Crippen molar-refractivity contribution in [2.75, 3.05) is 12.4 Å². The lowest BCUT2D eigenvalue weighted by Gasteiger charge is -2.36. The number of amides is 1. The normalized spacial score (nSPS) is 12.9. The highest BCUT2D eigenvalue weighted by molar-refractivity contribution is 8.00. The van der Waals surface area contributed by atoms with Crippen LogP contribution in [0, 0.1) is 0 Å². The van der Waals surface area contributed by atoms with Gasteiger partial charge >= 0.3 is 6.09 Å². The summed E-state index contributed by atoms with van der Waals surface area (Å²) in [6.07, 6.45) is -0.676. The number of aromatic nitrogens is 3. The zero-order valence-corrected chi connectivity index (χ0v) is 28.4. The number of alkyl carbamates (subject to hydrolysis) is 1. The molecule has 0 saturated heterocycles. The predicted octanol–water partition coefficient (Wildman–Crippen LogP) is 8.70. The molecule has 51 heavy (non-hydrogen) atoms. The van der Waals surface area contributed by atoms with Gasteiger partial charge < -0.3 is 10.1 Å². The molecule has 0 unspecified atom stereocenters. The highest BCUT2D eigenvalue weighted by Crippen LogP contribution is 2.49. The van der Waals surface area contributed by atoms with Crippen LogP contribution in [0.15, 0.2) is 164 Å². The highest BCUT2D eigenvalue weighted by atomic mass is 32.2. The third-order valence-electron chi connectivity index (χ3n) is 9.50. The van der Waals surface area contributed by atoms with E-state index >= 15 is 0 Å². The Morgan fingerprint density at radius 3 is 1.73 bits per heavy atom. The minimum Gasteiger partial charge on any atom is -0.449 e. The molecule has 1 aliphatic rings. The van der Waals surface area contributed by atoms with Gasteiger partial charge in [-0.25, -0.2) is 4.79 Å². The number of thioether (sulfide) groups is 1. The maximum absolute atomic E-state index is 14.4. The summed E-state index contributed by atoms with van der Waals surface area (Å²) in [6.45, 7) is 0.127. The molecule has 0 aliphatic heterocycles. The molecular formula is C43H34N4O3S. The maximum atomic E-state index is 14.4. The van der Waals surface area contributed by atoms with Crippen molar-refractivity contribution in [2.45, 2.75) is 16.7 Å². The van der Waals surface area contributed by atoms with Gasteiger partial charge in [-0.2, -0.15) is 4.68 Å². The third-order valence-corrected chi connectivity index (χ3v) is 11.1. The summed E-state index contributed by atoms with van der Waals surface area (Å²) in [6, 6.07) is 53.4. The van der Waals surface area contributed by atoms with Crippen LogP contribution in [0.2, 0.25) is 0 Å². The number of carbonyl (C=O) groups excluding carboxylic acids is 2. The number of para-hydroxylation sites is 1. The van der Waals surface area contributed by atoms with E-state index < -0.39 is 22.8 Å². The second kappa shape index (κ2) is 14.1. The Bertz CT molecular complexity index is 2170. The molecule has 1 heterocycles. The lowest BCUT2D eigenvalue weighted by Crippen LogP contribution is -2.46. The molecule has 0 saturated carbocycles. The summed E-state index contributed by atoms with van der Waals surface area (Å²) in [5, 5.41) is 11.4. The van der Waals surface area contributed by atoms with Crippen LogP contribution in [0.3, 0.4) is 0 Å². The van der Waals surface area contributed by atoms with Gasteiger partial charge in [0.1, 0.15) is 18.2 Å². The third kappa shape index (κ3) is 6.08. The number of benzene rings is 6. The molecule has 0 fully saturated rings. The van der Waals surface area contributed by atoms with E-state index in [2.05, 4.69) is 76.3 Å². The van der Waals surface area contributed by atoms with Gasteiger partial charge in [-0.05, 0) is 51.1 Å². The molecule has 1 N–H and O–H groups in total. The SMILES string of the molecule is O=C(N[C@@H](CSC(c1ccccc1)(c1ccccc1)c1ccccc1)C(=O)n1nnc2ccccc21)OCC1c2ccccc2-c2ccccc21. The molecule has 1 amide bonds. The fraction of sp³-hybridized carbons (Fsp3) is 0.116. The highest BCUT2D eigenvalue weighted by Gasteiger charge is 2.39. The van der Waals surface area contributed by atoms with Crippen molar-refractivity contribution in [3.05, 3.63) is 192 Å². The van der Waals surface area contributed by atoms with E-state index in [0.717, 1.165) is 38.9 Å². The van der Waals surface area contributed by atoms with E-state index in [-0.39, 0.29) is 18.3 Å². The van der Waals surface area contributed by atoms with Gasteiger partial charge in [0.25, 0.3) is 5.91 Å². The number of ether oxygens (including phenoxy) is 1. The molecule has 0 bridgehead atoms. The van der Waals surface area contributed by atoms with Crippen LogP contribution in [0.5, 0.6) is 0 Å². The molecule has 1 aliphatic carbocycles. The van der Waals surface area contributed by atoms with Crippen molar-refractivity contribution >= 4 is 34.8 Å². The van der Waals surface area contributed by atoms with E-state index in [9.17, 15) is 9.59 Å². The largest absolute Gasteiger partial charge is 0.449 e. The van der Waals surface area contributed by atoms with E-state index in [4.69, 9.17) is 4.74 Å². The minimum absolute atomic E-state index is 0.118. The van der Waals surface area contributed by atoms with E-state index in [1.807, 2.05) is 91.0 Å². The molecule has 0 spiro atoms. The lowest BCUT2D eigenvalue weighted by molar-refractivity contribution is 0.0839. The molecule has 1 atom stereocenters. The number of rotatable bonds is 10. The number of hydrogen-bond acceptors (Lipinski definition) is 6. The number of nitrogens with zero attached hydrogens (tertiary/aromatic N) is 3. The number of carbonyl (C=O) groups is 2. The molecule has 0 radical (unpaired) electrons. The lowest BCUT2D eigenvalue weighted by atomic mass is 9.84. The van der Waals surface area contributed by atoms with Crippen molar-refractivity contribution < 1.29 is 14.3 Å². The zero-order valence-electron chi connectivity index (χ0n) is 27.6. The molecule has 8 rings (SSSR count). The topological polar surface area (TPSA) is 86.1 Å². The summed E-state index contributed by atoms with van der Waals surface area (Å²) in [7, 11) is 0. The standard InChI is InChI=1S/C43H34N4O3S/c48-41(47-40-27-15-14-26-38(40)45-46-47)39(44-42(49)50-28-37-35-24-12-10-22-33(35)34-23-11-13-25-36(34)37)29-51-43(30-16-4-1-5-17-30,31-18-6-2-7-19-31)32-20-8-3-9-21-32/h1-27,37,39H,28-29H2,(H,44,49)/t39-/m0/s1. The van der Waals surface area contributed by atoms with Crippen molar-refractivity contribution in [3.8, 4) is 11.1 Å². The Hall–Kier alpha value is -5.99. The molecule has 8 heteroatoms. The Labute approximate surface area is 300 Å². The second-order valence-corrected chi connectivity index (χ2v) is 13.7. The fourth-order valence-electron chi connectivity index (χ4n) is 7.11. The predicted molar refractivity (Wildman–Crippen MR) is 202 cm³/mol. The Balaban J connectivity index is 1.13. The van der Waals surface area contributed by atoms with Crippen molar-refractivity contribution in [1.29, 1.82) is 0 Å². The van der Waals surface area contributed by atoms with Gasteiger partial charge in [0.05, 0.1) is 10.3 Å². The van der Waals surface area contributed by atoms with Gasteiger partial charge in [-0.3, -0.25) is 4.79 Å². The van der Waals surface area contributed by atoms with Crippen LogP contribution in [0.25, 0.3) is 22.2 Å². The Morgan fingerprint density at radius 2 is 1.16 bits per heavy atom. The van der Waals surface area contributed by atoms with E-state index in [1.54, 1.807) is 23.9 Å². The monoisotopic (exact) mass is 686 g/mol. The average molecular weight is 687 g/mol. The minimum atomic E-state index is -1.01. The second-order valence-electron chi connectivity index (χ2n) is 12.4. The first-order chi connectivity index (χ1) is 25.1. The smallest absolute Gasteiger partial charge is 0.407 e. The van der Waals surface area contributed by atoms with Crippen LogP contribution in [0.4, 0.5) is 4.79 Å². The van der Waals surface area contributed by atoms with Gasteiger partial charge in [-0.1, -0.05) is 157 Å². The fourth-order valence-corrected chi connectivity index (χ4v) is 8.66. The molecule has 250 valence electrons. The van der Waals surface area contributed by atoms with Crippen LogP contribution >= 0.6 is 11.8 Å². The van der Waals surface area contributed by atoms with Gasteiger partial charge in [0.15, 0.2) is 0 Å². The first-order valence-electron chi connectivity index (χ1n) is 16.9. The van der Waals surface area contributed by atoms with E-state index in [1.165, 1.54) is 4.68 Å². The van der Waals surface area contributed by atoms with Crippen molar-refractivity contribution in [3.63, 3.8) is 0 Å². The maximum Gasteiger partial charge on any atom is 0.407 e. The molecule has 6 aromatic carbocycles. The summed E-state index contributed by atoms with van der Waals surface area (Å²) >= 11 is 1.58. The Kier molecular flexibility index (Phi) is 8.90. The molecule has 7 aromatic rings. The van der Waals surface area contributed by atoms with Crippen LogP contribution in [-0.2, 0) is 9.48 Å². The quantitative estimate of drug-likeness (QED) is 0.145. The van der Waals surface area contributed by atoms with E-state index in [0.29, 0.717) is 11.0 Å².